The van der Waals surface area contributed by atoms with Crippen molar-refractivity contribution in [1.29, 1.82) is 0 Å². The van der Waals surface area contributed by atoms with Gasteiger partial charge in [-0.3, -0.25) is 14.4 Å². The van der Waals surface area contributed by atoms with Gasteiger partial charge in [0, 0.05) is 0 Å². The van der Waals surface area contributed by atoms with Crippen molar-refractivity contribution >= 4 is 17.7 Å². The maximum absolute atomic E-state index is 13.7. The van der Waals surface area contributed by atoms with Gasteiger partial charge in [0.05, 0.1) is 32.5 Å². The van der Waals surface area contributed by atoms with Crippen LogP contribution in [-0.2, 0) is 9.59 Å². The highest BCUT2D eigenvalue weighted by Crippen LogP contribution is 2.21. The van der Waals surface area contributed by atoms with Gasteiger partial charge < -0.3 is 25.1 Å². The number of nitrogens with one attached hydrogen (secondary N) is 3. The Labute approximate surface area is 155 Å². The molecule has 2 rings (SSSR count). The SMILES string of the molecule is COc1ccc([C@H](C)NC(=O)CNC(=O)CNC(=O)c2ccco2)cc1F. The summed E-state index contributed by atoms with van der Waals surface area (Å²) in [4.78, 5) is 35.2. The second-order valence-electron chi connectivity index (χ2n) is 5.62. The predicted octanol–water partition coefficient (Wildman–Crippen LogP) is 1.15. The Hall–Kier alpha value is -3.36. The van der Waals surface area contributed by atoms with E-state index in [1.807, 2.05) is 0 Å². The molecule has 1 aromatic heterocycles. The highest BCUT2D eigenvalue weighted by molar-refractivity contribution is 5.94. The number of rotatable bonds is 8. The Morgan fingerprint density at radius 2 is 1.89 bits per heavy atom. The van der Waals surface area contributed by atoms with E-state index in [0.717, 1.165) is 0 Å². The van der Waals surface area contributed by atoms with E-state index in [2.05, 4.69) is 16.0 Å². The van der Waals surface area contributed by atoms with Gasteiger partial charge in [0.25, 0.3) is 5.91 Å². The van der Waals surface area contributed by atoms with Gasteiger partial charge in [0.1, 0.15) is 0 Å². The maximum Gasteiger partial charge on any atom is 0.287 e. The van der Waals surface area contributed by atoms with E-state index >= 15 is 0 Å². The molecule has 144 valence electrons. The van der Waals surface area contributed by atoms with E-state index < -0.39 is 29.6 Å². The van der Waals surface area contributed by atoms with Gasteiger partial charge in [-0.25, -0.2) is 4.39 Å². The van der Waals surface area contributed by atoms with Crippen molar-refractivity contribution in [2.75, 3.05) is 20.2 Å². The molecule has 1 atom stereocenters. The summed E-state index contributed by atoms with van der Waals surface area (Å²) in [7, 11) is 1.36. The van der Waals surface area contributed by atoms with Crippen molar-refractivity contribution < 1.29 is 27.9 Å². The Bertz CT molecular complexity index is 807. The minimum atomic E-state index is -0.534. The van der Waals surface area contributed by atoms with E-state index in [-0.39, 0.29) is 24.6 Å². The fourth-order valence-electron chi connectivity index (χ4n) is 2.22. The number of ether oxygens (including phenoxy) is 1. The molecule has 27 heavy (non-hydrogen) atoms. The minimum Gasteiger partial charge on any atom is -0.494 e. The van der Waals surface area contributed by atoms with Crippen molar-refractivity contribution in [2.24, 2.45) is 0 Å². The zero-order valence-corrected chi connectivity index (χ0v) is 14.9. The first kappa shape index (κ1) is 20.0. The second-order valence-corrected chi connectivity index (χ2v) is 5.62. The molecule has 1 heterocycles. The third-order valence-corrected chi connectivity index (χ3v) is 3.65. The van der Waals surface area contributed by atoms with Crippen molar-refractivity contribution in [3.05, 3.63) is 53.7 Å². The molecule has 0 aliphatic heterocycles. The molecule has 0 bridgehead atoms. The summed E-state index contributed by atoms with van der Waals surface area (Å²) in [6.07, 6.45) is 1.34. The normalized spacial score (nSPS) is 11.4. The molecule has 0 saturated carbocycles. The summed E-state index contributed by atoms with van der Waals surface area (Å²) in [5, 5.41) is 7.38. The molecule has 0 aliphatic carbocycles. The van der Waals surface area contributed by atoms with Crippen LogP contribution >= 0.6 is 0 Å². The molecule has 0 fully saturated rings. The lowest BCUT2D eigenvalue weighted by atomic mass is 10.1. The van der Waals surface area contributed by atoms with Gasteiger partial charge in [-0.05, 0) is 36.8 Å². The van der Waals surface area contributed by atoms with Crippen LogP contribution in [0.3, 0.4) is 0 Å². The fourth-order valence-corrected chi connectivity index (χ4v) is 2.22. The number of halogens is 1. The molecule has 0 aliphatic rings. The Morgan fingerprint density at radius 1 is 1.15 bits per heavy atom. The van der Waals surface area contributed by atoms with E-state index in [0.29, 0.717) is 5.56 Å². The Balaban J connectivity index is 1.74. The van der Waals surface area contributed by atoms with Gasteiger partial charge in [0.2, 0.25) is 11.8 Å². The van der Waals surface area contributed by atoms with Crippen LogP contribution in [0.2, 0.25) is 0 Å². The van der Waals surface area contributed by atoms with Gasteiger partial charge >= 0.3 is 0 Å². The summed E-state index contributed by atoms with van der Waals surface area (Å²) >= 11 is 0. The molecule has 3 N–H and O–H groups in total. The third-order valence-electron chi connectivity index (χ3n) is 3.65. The summed E-state index contributed by atoms with van der Waals surface area (Å²) in [5.41, 5.74) is 0.554. The van der Waals surface area contributed by atoms with Crippen LogP contribution < -0.4 is 20.7 Å². The molecule has 3 amide bonds. The van der Waals surface area contributed by atoms with Crippen LogP contribution in [0, 0.1) is 5.82 Å². The number of hydrogen-bond acceptors (Lipinski definition) is 5. The first-order valence-electron chi connectivity index (χ1n) is 8.12. The van der Waals surface area contributed by atoms with Crippen LogP contribution in [0.15, 0.2) is 41.0 Å². The lowest BCUT2D eigenvalue weighted by Crippen LogP contribution is -2.42. The molecular weight excluding hydrogens is 357 g/mol. The topological polar surface area (TPSA) is 110 Å². The number of benzene rings is 1. The quantitative estimate of drug-likeness (QED) is 0.639. The van der Waals surface area contributed by atoms with Crippen LogP contribution in [0.5, 0.6) is 5.75 Å². The number of furan rings is 1. The van der Waals surface area contributed by atoms with Gasteiger partial charge in [0.15, 0.2) is 17.3 Å². The first-order valence-corrected chi connectivity index (χ1v) is 8.12. The number of carbonyl (C=O) groups is 3. The molecule has 8 nitrogen and oxygen atoms in total. The van der Waals surface area contributed by atoms with Crippen molar-refractivity contribution in [3.63, 3.8) is 0 Å². The van der Waals surface area contributed by atoms with Crippen LogP contribution in [0.4, 0.5) is 4.39 Å². The number of methoxy groups -OCH3 is 1. The largest absolute Gasteiger partial charge is 0.494 e. The highest BCUT2D eigenvalue weighted by Gasteiger charge is 2.14. The van der Waals surface area contributed by atoms with Crippen LogP contribution in [-0.4, -0.2) is 37.9 Å². The fraction of sp³-hybridized carbons (Fsp3) is 0.278. The van der Waals surface area contributed by atoms with Crippen LogP contribution in [0.25, 0.3) is 0 Å². The molecule has 0 saturated heterocycles. The Morgan fingerprint density at radius 3 is 2.52 bits per heavy atom. The average molecular weight is 377 g/mol. The molecule has 2 aromatic rings. The number of amides is 3. The summed E-state index contributed by atoms with van der Waals surface area (Å²) in [5.74, 6) is -1.86. The van der Waals surface area contributed by atoms with E-state index in [4.69, 9.17) is 9.15 Å². The third kappa shape index (κ3) is 5.84. The molecular formula is C18H20FN3O5. The number of hydrogen-bond donors (Lipinski definition) is 3. The molecule has 0 radical (unpaired) electrons. The van der Waals surface area contributed by atoms with Gasteiger partial charge in [-0.1, -0.05) is 6.07 Å². The van der Waals surface area contributed by atoms with Crippen molar-refractivity contribution in [3.8, 4) is 5.75 Å². The monoisotopic (exact) mass is 377 g/mol. The molecule has 9 heteroatoms. The Kier molecular flexibility index (Phi) is 6.93. The average Bonchev–Trinajstić information content (AvgIpc) is 3.19. The lowest BCUT2D eigenvalue weighted by Gasteiger charge is -2.15. The summed E-state index contributed by atoms with van der Waals surface area (Å²) in [6, 6.07) is 6.92. The zero-order chi connectivity index (χ0) is 19.8. The van der Waals surface area contributed by atoms with Gasteiger partial charge in [-0.15, -0.1) is 0 Å². The molecule has 1 aromatic carbocycles. The van der Waals surface area contributed by atoms with E-state index in [1.165, 1.54) is 31.6 Å². The van der Waals surface area contributed by atoms with E-state index in [1.54, 1.807) is 19.1 Å². The summed E-state index contributed by atoms with van der Waals surface area (Å²) < 4.78 is 23.5. The molecule has 0 unspecified atom stereocenters. The van der Waals surface area contributed by atoms with Crippen molar-refractivity contribution in [1.82, 2.24) is 16.0 Å². The van der Waals surface area contributed by atoms with Crippen molar-refractivity contribution in [2.45, 2.75) is 13.0 Å². The predicted molar refractivity (Wildman–Crippen MR) is 93.6 cm³/mol. The smallest absolute Gasteiger partial charge is 0.287 e. The molecule has 0 spiro atoms. The zero-order valence-electron chi connectivity index (χ0n) is 14.9. The summed E-state index contributed by atoms with van der Waals surface area (Å²) in [6.45, 7) is 1.11. The minimum absolute atomic E-state index is 0.0843. The van der Waals surface area contributed by atoms with Crippen LogP contribution in [0.1, 0.15) is 29.1 Å². The maximum atomic E-state index is 13.7. The lowest BCUT2D eigenvalue weighted by molar-refractivity contribution is -0.125. The number of carbonyl (C=O) groups excluding carboxylic acids is 3. The second kappa shape index (κ2) is 9.37. The standard InChI is InChI=1S/C18H20FN3O5/c1-11(12-5-6-14(26-2)13(19)8-12)22-17(24)10-20-16(23)9-21-18(25)15-4-3-7-27-15/h3-8,11H,9-10H2,1-2H3,(H,20,23)(H,21,25)(H,22,24)/t11-/m0/s1. The first-order chi connectivity index (χ1) is 12.9. The van der Waals surface area contributed by atoms with E-state index in [9.17, 15) is 18.8 Å². The highest BCUT2D eigenvalue weighted by atomic mass is 19.1. The van der Waals surface area contributed by atoms with Gasteiger partial charge in [-0.2, -0.15) is 0 Å².